The molecule has 0 saturated heterocycles. The van der Waals surface area contributed by atoms with E-state index in [1.165, 1.54) is 12.3 Å². The van der Waals surface area contributed by atoms with E-state index < -0.39 is 24.0 Å². The third kappa shape index (κ3) is 4.32. The summed E-state index contributed by atoms with van der Waals surface area (Å²) in [6, 6.07) is 8.16. The third-order valence-electron chi connectivity index (χ3n) is 3.67. The highest BCUT2D eigenvalue weighted by atomic mass is 79.9. The molecule has 2 N–H and O–H groups in total. The fraction of sp³-hybridized carbons (Fsp3) is 0.118. The zero-order valence-electron chi connectivity index (χ0n) is 13.6. The lowest BCUT2D eigenvalue weighted by atomic mass is 10.2. The van der Waals surface area contributed by atoms with Crippen molar-refractivity contribution in [1.29, 1.82) is 0 Å². The van der Waals surface area contributed by atoms with Crippen molar-refractivity contribution in [3.05, 3.63) is 67.6 Å². The molecule has 138 valence electrons. The van der Waals surface area contributed by atoms with E-state index in [2.05, 4.69) is 31.2 Å². The number of carboxylic acid groups (broad SMARTS) is 1. The van der Waals surface area contributed by atoms with Crippen molar-refractivity contribution in [2.24, 2.45) is 0 Å². The molecule has 0 spiro atoms. The predicted molar refractivity (Wildman–Crippen MR) is 102 cm³/mol. The normalized spacial score (nSPS) is 10.7. The molecule has 2 aromatic heterocycles. The smallest absolute Gasteiger partial charge is 0.323 e. The minimum absolute atomic E-state index is 0.0832. The van der Waals surface area contributed by atoms with Gasteiger partial charge in [0.1, 0.15) is 22.2 Å². The lowest BCUT2D eigenvalue weighted by Gasteiger charge is -2.10. The summed E-state index contributed by atoms with van der Waals surface area (Å²) in [4.78, 5) is 44.5. The molecule has 1 aromatic carbocycles. The summed E-state index contributed by atoms with van der Waals surface area (Å²) in [5.41, 5.74) is 0.129. The highest BCUT2D eigenvalue weighted by molar-refractivity contribution is 9.10. The molecule has 10 heteroatoms. The lowest BCUT2D eigenvalue weighted by Crippen LogP contribution is -2.34. The van der Waals surface area contributed by atoms with Gasteiger partial charge in [0.2, 0.25) is 0 Å². The molecule has 3 rings (SSSR count). The minimum atomic E-state index is -1.23. The van der Waals surface area contributed by atoms with Crippen LogP contribution in [0.2, 0.25) is 5.02 Å². The summed E-state index contributed by atoms with van der Waals surface area (Å²) in [5, 5.41) is 12.3. The Kier molecular flexibility index (Phi) is 5.52. The van der Waals surface area contributed by atoms with Gasteiger partial charge in [0, 0.05) is 11.6 Å². The van der Waals surface area contributed by atoms with E-state index in [0.717, 1.165) is 10.1 Å². The number of aliphatic carboxylic acids is 1. The minimum Gasteiger partial charge on any atom is -0.480 e. The van der Waals surface area contributed by atoms with E-state index in [0.29, 0.717) is 9.63 Å². The molecule has 8 nitrogen and oxygen atoms in total. The Hall–Kier alpha value is -2.78. The number of amides is 1. The number of carboxylic acids is 1. The number of rotatable bonds is 5. The van der Waals surface area contributed by atoms with Crippen LogP contribution in [0, 0.1) is 0 Å². The van der Waals surface area contributed by atoms with Crippen LogP contribution in [0.15, 0.2) is 45.9 Å². The number of carbonyl (C=O) groups is 2. The molecule has 0 aliphatic carbocycles. The quantitative estimate of drug-likeness (QED) is 0.615. The zero-order chi connectivity index (χ0) is 19.6. The number of pyridine rings is 1. The van der Waals surface area contributed by atoms with Crippen LogP contribution in [-0.2, 0) is 17.9 Å². The topological polar surface area (TPSA) is 114 Å². The third-order valence-corrected chi connectivity index (χ3v) is 4.30. The van der Waals surface area contributed by atoms with Crippen LogP contribution >= 0.6 is 27.5 Å². The lowest BCUT2D eigenvalue weighted by molar-refractivity contribution is -0.137. The van der Waals surface area contributed by atoms with Crippen molar-refractivity contribution in [1.82, 2.24) is 19.9 Å². The summed E-state index contributed by atoms with van der Waals surface area (Å²) >= 11 is 8.99. The van der Waals surface area contributed by atoms with Crippen molar-refractivity contribution in [3.63, 3.8) is 0 Å². The van der Waals surface area contributed by atoms with Gasteiger partial charge in [-0.1, -0.05) is 23.7 Å². The molecule has 27 heavy (non-hydrogen) atoms. The number of halogens is 2. The molecule has 0 saturated carbocycles. The van der Waals surface area contributed by atoms with Crippen molar-refractivity contribution in [2.75, 3.05) is 0 Å². The summed E-state index contributed by atoms with van der Waals surface area (Å²) in [5.74, 6) is -1.88. The molecular formula is C17H12BrClN4O4. The van der Waals surface area contributed by atoms with Crippen LogP contribution in [0.3, 0.4) is 0 Å². The van der Waals surface area contributed by atoms with Gasteiger partial charge in [-0.3, -0.25) is 19.0 Å². The number of hydrogen-bond acceptors (Lipinski definition) is 5. The Bertz CT molecular complexity index is 1100. The number of aromatic nitrogens is 3. The Balaban J connectivity index is 1.98. The van der Waals surface area contributed by atoms with Crippen LogP contribution in [0.1, 0.15) is 15.9 Å². The Morgan fingerprint density at radius 3 is 2.63 bits per heavy atom. The van der Waals surface area contributed by atoms with E-state index in [1.807, 2.05) is 0 Å². The van der Waals surface area contributed by atoms with Gasteiger partial charge in [-0.15, -0.1) is 0 Å². The van der Waals surface area contributed by atoms with Crippen LogP contribution in [0.4, 0.5) is 0 Å². The molecule has 0 radical (unpaired) electrons. The van der Waals surface area contributed by atoms with E-state index in [1.54, 1.807) is 24.3 Å². The largest absolute Gasteiger partial charge is 0.480 e. The Labute approximate surface area is 165 Å². The number of nitrogens with one attached hydrogen (secondary N) is 1. The molecule has 2 heterocycles. The first kappa shape index (κ1) is 19.0. The maximum atomic E-state index is 12.6. The van der Waals surface area contributed by atoms with Gasteiger partial charge in [0.05, 0.1) is 6.20 Å². The summed E-state index contributed by atoms with van der Waals surface area (Å²) < 4.78 is 1.30. The summed E-state index contributed by atoms with van der Waals surface area (Å²) in [7, 11) is 0. The molecule has 0 atom stereocenters. The average molecular weight is 452 g/mol. The van der Waals surface area contributed by atoms with Crippen LogP contribution in [-0.4, -0.2) is 31.5 Å². The van der Waals surface area contributed by atoms with Gasteiger partial charge < -0.3 is 10.4 Å². The van der Waals surface area contributed by atoms with Gasteiger partial charge in [-0.2, -0.15) is 0 Å². The van der Waals surface area contributed by atoms with E-state index in [9.17, 15) is 14.4 Å². The molecule has 3 aromatic rings. The number of carbonyl (C=O) groups excluding carboxylic acids is 1. The molecule has 0 aliphatic heterocycles. The summed E-state index contributed by atoms with van der Waals surface area (Å²) in [6.07, 6.45) is 1.35. The first-order valence-corrected chi connectivity index (χ1v) is 8.83. The maximum Gasteiger partial charge on any atom is 0.323 e. The molecule has 0 fully saturated rings. The first-order valence-electron chi connectivity index (χ1n) is 7.65. The number of hydrogen-bond donors (Lipinski definition) is 2. The number of fused-ring (bicyclic) bond motifs is 1. The SMILES string of the molecule is O=C(O)Cn1c(=O)c(C(=O)NCc2ccc(Cl)cc2)cc2nc(Br)cnc21. The van der Waals surface area contributed by atoms with Gasteiger partial charge in [-0.25, -0.2) is 9.97 Å². The first-order chi connectivity index (χ1) is 12.8. The van der Waals surface area contributed by atoms with Gasteiger partial charge in [0.15, 0.2) is 5.65 Å². The van der Waals surface area contributed by atoms with Crippen LogP contribution in [0.5, 0.6) is 0 Å². The van der Waals surface area contributed by atoms with Gasteiger partial charge in [-0.05, 0) is 39.7 Å². The standard InChI is InChI=1S/C17H12BrClN4O4/c18-13-7-20-15-12(22-13)5-11(17(27)23(15)8-14(24)25)16(26)21-6-9-1-3-10(19)4-2-9/h1-5,7H,6,8H2,(H,21,26)(H,24,25). The highest BCUT2D eigenvalue weighted by Gasteiger charge is 2.18. The maximum absolute atomic E-state index is 12.6. The number of benzene rings is 1. The molecule has 0 bridgehead atoms. The zero-order valence-corrected chi connectivity index (χ0v) is 16.0. The molecule has 0 unspecified atom stereocenters. The fourth-order valence-corrected chi connectivity index (χ4v) is 2.86. The average Bonchev–Trinajstić information content (AvgIpc) is 2.62. The van der Waals surface area contributed by atoms with Gasteiger partial charge >= 0.3 is 5.97 Å². The van der Waals surface area contributed by atoms with Crippen LogP contribution in [0.25, 0.3) is 11.2 Å². The monoisotopic (exact) mass is 450 g/mol. The van der Waals surface area contributed by atoms with Crippen molar-refractivity contribution in [2.45, 2.75) is 13.1 Å². The Morgan fingerprint density at radius 1 is 1.26 bits per heavy atom. The second-order valence-electron chi connectivity index (χ2n) is 5.55. The van der Waals surface area contributed by atoms with Crippen molar-refractivity contribution in [3.8, 4) is 0 Å². The van der Waals surface area contributed by atoms with E-state index >= 15 is 0 Å². The predicted octanol–water partition coefficient (Wildman–Crippen LogP) is 2.22. The molecule has 0 aliphatic rings. The highest BCUT2D eigenvalue weighted by Crippen LogP contribution is 2.14. The second-order valence-corrected chi connectivity index (χ2v) is 6.80. The van der Waals surface area contributed by atoms with E-state index in [4.69, 9.17) is 16.7 Å². The van der Waals surface area contributed by atoms with Gasteiger partial charge in [0.25, 0.3) is 11.5 Å². The summed E-state index contributed by atoms with van der Waals surface area (Å²) in [6.45, 7) is -0.458. The molecular weight excluding hydrogens is 440 g/mol. The van der Waals surface area contributed by atoms with Crippen LogP contribution < -0.4 is 10.9 Å². The second kappa shape index (κ2) is 7.85. The van der Waals surface area contributed by atoms with E-state index in [-0.39, 0.29) is 23.3 Å². The number of nitrogens with zero attached hydrogens (tertiary/aromatic N) is 3. The van der Waals surface area contributed by atoms with Crippen molar-refractivity contribution >= 4 is 50.6 Å². The van der Waals surface area contributed by atoms with Crippen molar-refractivity contribution < 1.29 is 14.7 Å². The Morgan fingerprint density at radius 2 is 1.96 bits per heavy atom. The fourth-order valence-electron chi connectivity index (χ4n) is 2.44. The molecule has 1 amide bonds.